The van der Waals surface area contributed by atoms with Crippen LogP contribution in [0.4, 0.5) is 50.4 Å². The van der Waals surface area contributed by atoms with E-state index in [1.807, 2.05) is 73.2 Å². The number of hydrogen-bond acceptors (Lipinski definition) is 7. The van der Waals surface area contributed by atoms with E-state index in [1.54, 1.807) is 18.6 Å². The zero-order valence-corrected chi connectivity index (χ0v) is 26.2. The van der Waals surface area contributed by atoms with E-state index in [4.69, 9.17) is 0 Å². The van der Waals surface area contributed by atoms with Gasteiger partial charge >= 0.3 is 83.0 Å². The zero-order valence-electron chi connectivity index (χ0n) is 23.3. The topological polar surface area (TPSA) is 79.0 Å². The first-order valence-corrected chi connectivity index (χ1v) is 16.4. The van der Waals surface area contributed by atoms with Gasteiger partial charge in [0.1, 0.15) is 0 Å². The maximum atomic E-state index is 9.87. The molecule has 0 N–H and O–H groups in total. The van der Waals surface area contributed by atoms with E-state index in [1.165, 1.54) is 0 Å². The summed E-state index contributed by atoms with van der Waals surface area (Å²) in [6.07, 6.45) is 10.8. The number of halogens is 12. The van der Waals surface area contributed by atoms with Crippen LogP contribution < -0.4 is 0 Å². The Bertz CT molecular complexity index is 1200. The van der Waals surface area contributed by atoms with Gasteiger partial charge < -0.3 is 0 Å². The predicted octanol–water partition coefficient (Wildman–Crippen LogP) is 9.59. The second-order valence-corrected chi connectivity index (χ2v) is 12.5. The summed E-state index contributed by atoms with van der Waals surface area (Å²) >= 11 is 0. The molecule has 3 aromatic rings. The summed E-state index contributed by atoms with van der Waals surface area (Å²) in [5, 5.41) is 0. The van der Waals surface area contributed by atoms with Crippen LogP contribution in [-0.2, 0) is 17.1 Å². The third kappa shape index (κ3) is 37.1. The molecule has 0 amide bonds. The van der Waals surface area contributed by atoms with Crippen LogP contribution in [0.2, 0.25) is 0 Å². The van der Waals surface area contributed by atoms with Gasteiger partial charge in [-0.3, -0.25) is 34.8 Å². The summed E-state index contributed by atoms with van der Waals surface area (Å²) in [6, 6.07) is 17.4. The molecule has 0 fully saturated rings. The molecule has 3 aromatic heterocycles. The molecule has 0 unspecified atom stereocenters. The van der Waals surface area contributed by atoms with Crippen LogP contribution in [0, 0.1) is 0 Å². The van der Waals surface area contributed by atoms with Crippen molar-refractivity contribution in [1.82, 2.24) is 19.9 Å². The van der Waals surface area contributed by atoms with Crippen molar-refractivity contribution in [2.45, 2.75) is 0 Å². The molecule has 0 aliphatic rings. The molecule has 3 heterocycles. The van der Waals surface area contributed by atoms with Crippen LogP contribution in [-0.4, -0.2) is 77.8 Å². The molecule has 3 rings (SSSR count). The third-order valence-corrected chi connectivity index (χ3v) is 4.37. The van der Waals surface area contributed by atoms with Gasteiger partial charge in [0.05, 0.1) is 36.7 Å². The molecule has 260 valence electrons. The predicted molar refractivity (Wildman–Crippen MR) is 154 cm³/mol. The van der Waals surface area contributed by atoms with E-state index in [2.05, 4.69) is 34.8 Å². The smallest absolute Gasteiger partial charge is 2.00 e. The first-order chi connectivity index (χ1) is 20.3. The number of pyridine rings is 3. The fraction of sp³-hybridized carbons (Fsp3) is 0.250. The SMILES string of the molecule is C(=NCCN(CCN=Cc1ccccn1)CCN=Cc1ccccn1)c1ccccn1.F[P-](F)(F)(F)(F)F.F[P-](F)(F)(F)(F)F.[Fe+2]. The molecule has 46 heavy (non-hydrogen) atoms. The molecule has 0 aliphatic carbocycles. The maximum absolute atomic E-state index is 10.7. The number of hydrogen-bond donors (Lipinski definition) is 0. The number of aromatic nitrogens is 3. The molecular weight excluding hydrogens is 732 g/mol. The fourth-order valence-corrected chi connectivity index (χ4v) is 2.76. The van der Waals surface area contributed by atoms with Gasteiger partial charge in [0.15, 0.2) is 0 Å². The molecule has 0 aliphatic heterocycles. The normalized spacial score (nSPS) is 15.1. The van der Waals surface area contributed by atoms with E-state index in [9.17, 15) is 50.4 Å². The van der Waals surface area contributed by atoms with Crippen molar-refractivity contribution in [3.05, 3.63) is 90.3 Å². The van der Waals surface area contributed by atoms with Crippen molar-refractivity contribution in [2.75, 3.05) is 39.3 Å². The van der Waals surface area contributed by atoms with Crippen molar-refractivity contribution in [3.63, 3.8) is 0 Å². The molecular formula is C24H27F12FeN7P2. The Balaban J connectivity index is 0.00000113. The first-order valence-electron chi connectivity index (χ1n) is 12.4. The van der Waals surface area contributed by atoms with E-state index < -0.39 is 15.6 Å². The average molecular weight is 759 g/mol. The van der Waals surface area contributed by atoms with Crippen molar-refractivity contribution in [2.24, 2.45) is 15.0 Å². The summed E-state index contributed by atoms with van der Waals surface area (Å²) in [7, 11) is -21.3. The molecule has 0 aromatic carbocycles. The third-order valence-electron chi connectivity index (χ3n) is 4.37. The molecule has 0 spiro atoms. The molecule has 7 nitrogen and oxygen atoms in total. The van der Waals surface area contributed by atoms with Crippen molar-refractivity contribution in [1.29, 1.82) is 0 Å². The minimum absolute atomic E-state index is 0. The van der Waals surface area contributed by atoms with Crippen molar-refractivity contribution >= 4 is 34.3 Å². The van der Waals surface area contributed by atoms with Crippen LogP contribution >= 0.6 is 15.6 Å². The molecule has 22 heteroatoms. The summed E-state index contributed by atoms with van der Waals surface area (Å²) in [5.74, 6) is 0. The molecule has 0 atom stereocenters. The molecule has 0 saturated heterocycles. The Morgan fingerprint density at radius 2 is 0.717 bits per heavy atom. The first kappa shape index (κ1) is 43.0. The average Bonchev–Trinajstić information content (AvgIpc) is 2.89. The Morgan fingerprint density at radius 3 is 0.913 bits per heavy atom. The zero-order chi connectivity index (χ0) is 34.2. The van der Waals surface area contributed by atoms with Crippen LogP contribution in [0.3, 0.4) is 0 Å². The van der Waals surface area contributed by atoms with E-state index in [0.717, 1.165) is 36.7 Å². The van der Waals surface area contributed by atoms with Gasteiger partial charge in [-0.2, -0.15) is 0 Å². The minimum Gasteiger partial charge on any atom is 2.00 e. The maximum Gasteiger partial charge on any atom is 2.00 e. The second-order valence-electron chi connectivity index (χ2n) is 8.63. The number of nitrogens with zero attached hydrogens (tertiary/aromatic N) is 7. The Morgan fingerprint density at radius 1 is 0.478 bits per heavy atom. The molecule has 0 radical (unpaired) electrons. The van der Waals surface area contributed by atoms with Crippen LogP contribution in [0.25, 0.3) is 0 Å². The Hall–Kier alpha value is -3.04. The van der Waals surface area contributed by atoms with E-state index in [-0.39, 0.29) is 17.1 Å². The van der Waals surface area contributed by atoms with Crippen LogP contribution in [0.1, 0.15) is 17.1 Å². The van der Waals surface area contributed by atoms with Gasteiger partial charge in [0, 0.05) is 56.9 Å². The standard InChI is InChI=1S/C24H27N7.2F6P.Fe/c1-4-10-28-22(7-1)19-25-13-16-31(17-14-26-20-23-8-2-5-11-29-23)18-15-27-21-24-9-3-6-12-30-24;2*1-7(2,3,4,5)6;/h1-12,19-21H,13-18H2;;;/q;2*-1;+2. The fourth-order valence-electron chi connectivity index (χ4n) is 2.76. The van der Waals surface area contributed by atoms with Gasteiger partial charge in [0.2, 0.25) is 0 Å². The molecule has 0 saturated carbocycles. The summed E-state index contributed by atoms with van der Waals surface area (Å²) in [4.78, 5) is 28.6. The van der Waals surface area contributed by atoms with Crippen molar-refractivity contribution in [3.8, 4) is 0 Å². The van der Waals surface area contributed by atoms with Gasteiger partial charge in [-0.05, 0) is 36.4 Å². The van der Waals surface area contributed by atoms with Gasteiger partial charge in [0.25, 0.3) is 0 Å². The largest absolute Gasteiger partial charge is 2.00 e. The monoisotopic (exact) mass is 759 g/mol. The summed E-state index contributed by atoms with van der Waals surface area (Å²) < 4.78 is 118. The Kier molecular flexibility index (Phi) is 15.1. The van der Waals surface area contributed by atoms with Crippen LogP contribution in [0.5, 0.6) is 0 Å². The van der Waals surface area contributed by atoms with Gasteiger partial charge in [-0.15, -0.1) is 0 Å². The minimum atomic E-state index is -10.7. The van der Waals surface area contributed by atoms with E-state index >= 15 is 0 Å². The second kappa shape index (κ2) is 16.2. The Labute approximate surface area is 266 Å². The van der Waals surface area contributed by atoms with Gasteiger partial charge in [-0.1, -0.05) is 18.2 Å². The molecule has 0 bridgehead atoms. The van der Waals surface area contributed by atoms with Crippen molar-refractivity contribution < 1.29 is 67.4 Å². The van der Waals surface area contributed by atoms with Crippen LogP contribution in [0.15, 0.2) is 88.2 Å². The summed E-state index contributed by atoms with van der Waals surface area (Å²) in [5.41, 5.74) is 2.61. The van der Waals surface area contributed by atoms with E-state index in [0.29, 0.717) is 19.6 Å². The summed E-state index contributed by atoms with van der Waals surface area (Å²) in [6.45, 7) is 4.60. The van der Waals surface area contributed by atoms with Gasteiger partial charge in [-0.25, -0.2) is 0 Å². The quantitative estimate of drug-likeness (QED) is 0.0798. The number of rotatable bonds is 12. The number of aliphatic imine (C=N–C) groups is 3.